The molecule has 0 atom stereocenters. The zero-order valence-electron chi connectivity index (χ0n) is 21.4. The summed E-state index contributed by atoms with van der Waals surface area (Å²) in [5.74, 6) is 0.657. The molecule has 5 aromatic rings. The predicted octanol–water partition coefficient (Wildman–Crippen LogP) is 5.54. The molecule has 3 heterocycles. The van der Waals surface area contributed by atoms with Gasteiger partial charge in [-0.3, -0.25) is 15.1 Å². The van der Waals surface area contributed by atoms with Gasteiger partial charge in [0.1, 0.15) is 21.5 Å². The molecule has 202 valence electrons. The summed E-state index contributed by atoms with van der Waals surface area (Å²) in [6.45, 7) is 0.471. The van der Waals surface area contributed by atoms with Gasteiger partial charge in [-0.15, -0.1) is 11.3 Å². The summed E-state index contributed by atoms with van der Waals surface area (Å²) in [5.41, 5.74) is 9.94. The summed E-state index contributed by atoms with van der Waals surface area (Å²) in [6, 6.07) is 17.9. The molecule has 0 fully saturated rings. The topological polar surface area (TPSA) is 144 Å². The van der Waals surface area contributed by atoms with Crippen molar-refractivity contribution >= 4 is 51.2 Å². The van der Waals surface area contributed by atoms with E-state index in [1.54, 1.807) is 43.8 Å². The molecule has 0 radical (unpaired) electrons. The predicted molar refractivity (Wildman–Crippen MR) is 159 cm³/mol. The van der Waals surface area contributed by atoms with Gasteiger partial charge < -0.3 is 21.1 Å². The molecule has 12 heteroatoms. The van der Waals surface area contributed by atoms with Crippen molar-refractivity contribution in [3.63, 3.8) is 0 Å². The van der Waals surface area contributed by atoms with E-state index in [2.05, 4.69) is 25.9 Å². The number of aromatic nitrogens is 3. The van der Waals surface area contributed by atoms with Crippen molar-refractivity contribution in [2.75, 3.05) is 30.0 Å². The highest BCUT2D eigenvalue weighted by Gasteiger charge is 2.17. The molecule has 0 aliphatic carbocycles. The molecule has 0 aliphatic rings. The van der Waals surface area contributed by atoms with Crippen LogP contribution < -0.4 is 26.4 Å². The number of ether oxygens (including phenoxy) is 1. The number of anilines is 3. The van der Waals surface area contributed by atoms with Crippen LogP contribution in [0.4, 0.5) is 21.4 Å². The van der Waals surface area contributed by atoms with Gasteiger partial charge in [-0.05, 0) is 54.4 Å². The number of hydrogen-bond acceptors (Lipinski definition) is 9. The molecule has 3 aromatic heterocycles. The first-order valence-corrected chi connectivity index (χ1v) is 13.9. The van der Waals surface area contributed by atoms with E-state index in [0.29, 0.717) is 45.0 Å². The van der Waals surface area contributed by atoms with E-state index in [0.717, 1.165) is 16.8 Å². The number of hydrogen-bond donors (Lipinski definition) is 4. The molecule has 10 nitrogen and oxygen atoms in total. The quantitative estimate of drug-likeness (QED) is 0.182. The molecular formula is C28H25N7O3S2. The smallest absolute Gasteiger partial charge is 0.321 e. The first-order valence-electron chi connectivity index (χ1n) is 12.2. The Morgan fingerprint density at radius 2 is 1.82 bits per heavy atom. The highest BCUT2D eigenvalue weighted by Crippen LogP contribution is 2.38. The van der Waals surface area contributed by atoms with Crippen molar-refractivity contribution in [1.82, 2.24) is 20.3 Å². The average molecular weight is 572 g/mol. The van der Waals surface area contributed by atoms with Crippen LogP contribution in [0, 0.1) is 0 Å². The van der Waals surface area contributed by atoms with E-state index in [9.17, 15) is 9.59 Å². The molecule has 0 spiro atoms. The van der Waals surface area contributed by atoms with Gasteiger partial charge in [-0.1, -0.05) is 29.5 Å². The van der Waals surface area contributed by atoms with E-state index >= 15 is 0 Å². The Kier molecular flexibility index (Phi) is 8.28. The molecule has 0 unspecified atom stereocenters. The molecule has 0 bridgehead atoms. The van der Waals surface area contributed by atoms with Gasteiger partial charge in [0.05, 0.1) is 12.8 Å². The fraction of sp³-hybridized carbons (Fsp3) is 0.107. The number of carbonyl (C=O) groups excluding carboxylic acids is 2. The van der Waals surface area contributed by atoms with Gasteiger partial charge in [0.25, 0.3) is 5.91 Å². The Balaban J connectivity index is 1.22. The average Bonchev–Trinajstić information content (AvgIpc) is 3.60. The van der Waals surface area contributed by atoms with Gasteiger partial charge >= 0.3 is 6.03 Å². The van der Waals surface area contributed by atoms with E-state index < -0.39 is 0 Å². The molecule has 0 saturated carbocycles. The van der Waals surface area contributed by atoms with Gasteiger partial charge in [-0.25, -0.2) is 14.8 Å². The van der Waals surface area contributed by atoms with Crippen molar-refractivity contribution in [3.8, 4) is 26.9 Å². The maximum absolute atomic E-state index is 12.7. The third kappa shape index (κ3) is 6.60. The number of rotatable bonds is 9. The van der Waals surface area contributed by atoms with Crippen LogP contribution in [0.3, 0.4) is 0 Å². The lowest BCUT2D eigenvalue weighted by Crippen LogP contribution is -2.30. The van der Waals surface area contributed by atoms with Gasteiger partial charge in [-0.2, -0.15) is 0 Å². The normalized spacial score (nSPS) is 10.6. The number of urea groups is 1. The Hall–Kier alpha value is -4.81. The third-order valence-corrected chi connectivity index (χ3v) is 7.75. The van der Waals surface area contributed by atoms with Crippen molar-refractivity contribution in [2.45, 2.75) is 6.42 Å². The molecule has 5 rings (SSSR count). The van der Waals surface area contributed by atoms with Crippen LogP contribution in [0.5, 0.6) is 5.75 Å². The number of methoxy groups -OCH3 is 1. The number of nitrogens with one attached hydrogen (secondary N) is 3. The number of nitrogens with two attached hydrogens (primary N) is 1. The molecular weight excluding hydrogens is 546 g/mol. The monoisotopic (exact) mass is 571 g/mol. The van der Waals surface area contributed by atoms with Crippen molar-refractivity contribution < 1.29 is 14.3 Å². The van der Waals surface area contributed by atoms with E-state index in [1.807, 2.05) is 41.8 Å². The maximum Gasteiger partial charge on any atom is 0.321 e. The first kappa shape index (κ1) is 26.8. The number of amides is 3. The number of nitrogen functional groups attached to an aromatic ring is 1. The van der Waals surface area contributed by atoms with Crippen LogP contribution >= 0.6 is 22.7 Å². The number of benzene rings is 2. The van der Waals surface area contributed by atoms with Crippen LogP contribution in [-0.2, 0) is 6.42 Å². The van der Waals surface area contributed by atoms with Gasteiger partial charge in [0.15, 0.2) is 5.13 Å². The van der Waals surface area contributed by atoms with Crippen LogP contribution in [-0.4, -0.2) is 40.5 Å². The molecule has 5 N–H and O–H groups in total. The number of nitrogens with zero attached hydrogens (tertiary/aromatic N) is 3. The van der Waals surface area contributed by atoms with Crippen LogP contribution in [0.25, 0.3) is 21.1 Å². The Morgan fingerprint density at radius 1 is 1.00 bits per heavy atom. The Bertz CT molecular complexity index is 1640. The minimum Gasteiger partial charge on any atom is -0.497 e. The van der Waals surface area contributed by atoms with Crippen molar-refractivity contribution in [3.05, 3.63) is 89.6 Å². The minimum atomic E-state index is -0.359. The standard InChI is InChI=1S/C28H25N7O3S2/c1-38-21-7-3-5-19(15-21)25(36)32-20-6-2-4-18(14-20)22-16-39-26(33-22)23-24(29)34-28(40-23)35-27(37)31-13-10-17-8-11-30-12-9-17/h2-9,11-12,14-16H,10,13,29H2,1H3,(H,32,36)(H2,31,34,35,37). The molecule has 2 aromatic carbocycles. The second-order valence-electron chi connectivity index (χ2n) is 8.52. The highest BCUT2D eigenvalue weighted by molar-refractivity contribution is 7.23. The molecule has 40 heavy (non-hydrogen) atoms. The first-order chi connectivity index (χ1) is 19.5. The lowest BCUT2D eigenvalue weighted by molar-refractivity contribution is 0.102. The fourth-order valence-corrected chi connectivity index (χ4v) is 5.59. The summed E-state index contributed by atoms with van der Waals surface area (Å²) >= 11 is 2.68. The zero-order chi connectivity index (χ0) is 27.9. The van der Waals surface area contributed by atoms with Crippen molar-refractivity contribution in [1.29, 1.82) is 0 Å². The fourth-order valence-electron chi connectivity index (χ4n) is 3.78. The third-order valence-electron chi connectivity index (χ3n) is 5.77. The van der Waals surface area contributed by atoms with E-state index in [4.69, 9.17) is 15.5 Å². The largest absolute Gasteiger partial charge is 0.497 e. The summed E-state index contributed by atoms with van der Waals surface area (Å²) in [5, 5.41) is 11.4. The lowest BCUT2D eigenvalue weighted by atomic mass is 10.1. The highest BCUT2D eigenvalue weighted by atomic mass is 32.1. The SMILES string of the molecule is COc1cccc(C(=O)Nc2cccc(-c3csc(-c4sc(NC(=O)NCCc5ccncc5)nc4N)n3)c2)c1. The molecule has 0 aliphatic heterocycles. The van der Waals surface area contributed by atoms with Gasteiger partial charge in [0, 0.05) is 41.1 Å². The molecule has 0 saturated heterocycles. The number of pyridine rings is 1. The summed E-state index contributed by atoms with van der Waals surface area (Å²) in [6.07, 6.45) is 4.13. The minimum absolute atomic E-state index is 0.242. The zero-order valence-corrected chi connectivity index (χ0v) is 23.0. The summed E-state index contributed by atoms with van der Waals surface area (Å²) < 4.78 is 5.21. The van der Waals surface area contributed by atoms with E-state index in [-0.39, 0.29) is 17.8 Å². The summed E-state index contributed by atoms with van der Waals surface area (Å²) in [7, 11) is 1.56. The summed E-state index contributed by atoms with van der Waals surface area (Å²) in [4.78, 5) is 38.7. The van der Waals surface area contributed by atoms with Crippen molar-refractivity contribution in [2.24, 2.45) is 0 Å². The van der Waals surface area contributed by atoms with Gasteiger partial charge in [0.2, 0.25) is 0 Å². The Labute approximate surface area is 238 Å². The second-order valence-corrected chi connectivity index (χ2v) is 10.4. The Morgan fingerprint density at radius 3 is 2.65 bits per heavy atom. The van der Waals surface area contributed by atoms with Crippen LogP contribution in [0.1, 0.15) is 15.9 Å². The van der Waals surface area contributed by atoms with E-state index in [1.165, 1.54) is 22.7 Å². The van der Waals surface area contributed by atoms with Crippen LogP contribution in [0.2, 0.25) is 0 Å². The number of carbonyl (C=O) groups is 2. The van der Waals surface area contributed by atoms with Crippen LogP contribution in [0.15, 0.2) is 78.4 Å². The lowest BCUT2D eigenvalue weighted by Gasteiger charge is -2.08. The molecule has 3 amide bonds. The maximum atomic E-state index is 12.7. The number of thiazole rings is 2. The second kappa shape index (κ2) is 12.4.